The summed E-state index contributed by atoms with van der Waals surface area (Å²) in [5, 5.41) is 45.9. The molecule has 2 aromatic heterocycles. The highest BCUT2D eigenvalue weighted by Crippen LogP contribution is 2.76. The standard InChI is InChI=1S/C54H76N2O7/c1-29-19-30(2)21-34(20-29)23-35-27-56(38-15-18-55-46(35)38)28-37-45-44(31(3)22-40(59)49-50(5,6)63-49)41(60)26-53(45,9)52(8)17-13-42-51(7,48(52)47(37)62)16-14-43(61)54(42,10)36-12-11-33(24-36)25-39(58)32(4)57/h15,18-21,27,31-33,36-37,39-40,42,47-49,55,57-59,62H,11-14,16-17,22-26,28H2,1-10H3. The lowest BCUT2D eigenvalue weighted by Crippen LogP contribution is -2.68. The summed E-state index contributed by atoms with van der Waals surface area (Å²) in [6, 6.07) is 8.86. The Morgan fingerprint density at radius 3 is 2.32 bits per heavy atom. The number of nitrogens with zero attached hydrogens (tertiary/aromatic N) is 1. The van der Waals surface area contributed by atoms with Crippen LogP contribution < -0.4 is 0 Å². The number of nitrogens with one attached hydrogen (secondary N) is 1. The number of aliphatic hydroxyl groups is 4. The molecule has 15 unspecified atom stereocenters. The van der Waals surface area contributed by atoms with Crippen LogP contribution >= 0.6 is 0 Å². The molecule has 5 aliphatic carbocycles. The third-order valence-electron chi connectivity index (χ3n) is 19.2. The van der Waals surface area contributed by atoms with Crippen molar-refractivity contribution in [1.82, 2.24) is 9.55 Å². The fourth-order valence-electron chi connectivity index (χ4n) is 16.0. The highest BCUT2D eigenvalue weighted by molar-refractivity contribution is 6.01. The van der Waals surface area contributed by atoms with Crippen LogP contribution in [0.15, 0.2) is 47.8 Å². The first-order valence-electron chi connectivity index (χ1n) is 24.5. The average Bonchev–Trinajstić information content (AvgIpc) is 3.71. The second-order valence-corrected chi connectivity index (χ2v) is 23.5. The van der Waals surface area contributed by atoms with Crippen LogP contribution in [-0.2, 0) is 27.3 Å². The molecule has 63 heavy (non-hydrogen) atoms. The highest BCUT2D eigenvalue weighted by Gasteiger charge is 2.73. The number of aromatic amines is 1. The summed E-state index contributed by atoms with van der Waals surface area (Å²) >= 11 is 0. The Hall–Kier alpha value is -3.08. The number of rotatable bonds is 12. The third-order valence-corrected chi connectivity index (χ3v) is 19.2. The van der Waals surface area contributed by atoms with E-state index in [1.165, 1.54) is 22.3 Å². The number of epoxide rings is 1. The lowest BCUT2D eigenvalue weighted by Gasteiger charge is -2.70. The van der Waals surface area contributed by atoms with E-state index >= 15 is 0 Å². The Bertz CT molecular complexity index is 2300. The summed E-state index contributed by atoms with van der Waals surface area (Å²) in [6.45, 7) is 21.9. The van der Waals surface area contributed by atoms with Gasteiger partial charge < -0.3 is 34.7 Å². The maximum atomic E-state index is 14.9. The molecule has 9 rings (SSSR count). The molecule has 9 nitrogen and oxygen atoms in total. The van der Waals surface area contributed by atoms with Crippen molar-refractivity contribution in [2.75, 3.05) is 0 Å². The highest BCUT2D eigenvalue weighted by atomic mass is 16.6. The molecule has 0 amide bonds. The predicted octanol–water partition coefficient (Wildman–Crippen LogP) is 8.96. The van der Waals surface area contributed by atoms with E-state index in [1.807, 2.05) is 20.0 Å². The molecule has 3 heterocycles. The molecule has 1 aliphatic heterocycles. The largest absolute Gasteiger partial charge is 0.392 e. The molecule has 0 spiro atoms. The number of allylic oxidation sites excluding steroid dienone is 1. The van der Waals surface area contributed by atoms with E-state index in [2.05, 4.69) is 88.5 Å². The van der Waals surface area contributed by atoms with Crippen LogP contribution in [0.2, 0.25) is 0 Å². The summed E-state index contributed by atoms with van der Waals surface area (Å²) < 4.78 is 8.22. The van der Waals surface area contributed by atoms with Gasteiger partial charge in [-0.25, -0.2) is 0 Å². The van der Waals surface area contributed by atoms with Gasteiger partial charge in [-0.15, -0.1) is 0 Å². The molecule has 0 radical (unpaired) electrons. The summed E-state index contributed by atoms with van der Waals surface area (Å²) in [7, 11) is 0. The molecule has 1 saturated heterocycles. The van der Waals surface area contributed by atoms with E-state index in [0.717, 1.165) is 60.7 Å². The van der Waals surface area contributed by atoms with E-state index < -0.39 is 40.7 Å². The monoisotopic (exact) mass is 865 g/mol. The molecule has 6 aliphatic rings. The van der Waals surface area contributed by atoms with Gasteiger partial charge in [0.15, 0.2) is 5.78 Å². The van der Waals surface area contributed by atoms with Crippen LogP contribution in [0.3, 0.4) is 0 Å². The van der Waals surface area contributed by atoms with Gasteiger partial charge in [0.1, 0.15) is 11.9 Å². The average molecular weight is 865 g/mol. The van der Waals surface area contributed by atoms with Crippen LogP contribution in [0.5, 0.6) is 0 Å². The van der Waals surface area contributed by atoms with Crippen molar-refractivity contribution in [3.05, 3.63) is 70.1 Å². The minimum Gasteiger partial charge on any atom is -0.392 e. The van der Waals surface area contributed by atoms with Gasteiger partial charge >= 0.3 is 0 Å². The van der Waals surface area contributed by atoms with Gasteiger partial charge in [0.25, 0.3) is 0 Å². The molecule has 15 atom stereocenters. The number of fused-ring (bicyclic) bond motifs is 6. The van der Waals surface area contributed by atoms with Crippen molar-refractivity contribution >= 4 is 22.6 Å². The number of ketones is 2. The maximum Gasteiger partial charge on any atom is 0.160 e. The molecule has 9 heteroatoms. The topological polar surface area (TPSA) is 148 Å². The number of carbonyl (C=O) groups excluding carboxylic acids is 2. The third kappa shape index (κ3) is 7.02. The lowest BCUT2D eigenvalue weighted by atomic mass is 9.34. The summed E-state index contributed by atoms with van der Waals surface area (Å²) in [5.41, 5.74) is 6.74. The number of ether oxygens (including phenoxy) is 1. The van der Waals surface area contributed by atoms with Gasteiger partial charge in [-0.2, -0.15) is 0 Å². The number of Topliss-reactive ketones (excluding diaryl/α,β-unsaturated/α-hetero) is 2. The second kappa shape index (κ2) is 15.5. The zero-order chi connectivity index (χ0) is 45.3. The first-order chi connectivity index (χ1) is 29.5. The minimum atomic E-state index is -0.782. The zero-order valence-electron chi connectivity index (χ0n) is 39.8. The Balaban J connectivity index is 1.13. The van der Waals surface area contributed by atoms with Crippen LogP contribution in [0.25, 0.3) is 11.0 Å². The van der Waals surface area contributed by atoms with Crippen molar-refractivity contribution in [3.63, 3.8) is 0 Å². The number of benzene rings is 1. The number of hydrogen-bond acceptors (Lipinski definition) is 7. The van der Waals surface area contributed by atoms with Gasteiger partial charge in [-0.05, 0) is 148 Å². The summed E-state index contributed by atoms with van der Waals surface area (Å²) in [5.74, 6) is 0.248. The van der Waals surface area contributed by atoms with Crippen LogP contribution in [-0.4, -0.2) is 77.7 Å². The van der Waals surface area contributed by atoms with Crippen molar-refractivity contribution in [1.29, 1.82) is 0 Å². The van der Waals surface area contributed by atoms with Gasteiger partial charge in [-0.1, -0.05) is 70.4 Å². The number of H-pyrrole nitrogens is 1. The van der Waals surface area contributed by atoms with Crippen LogP contribution in [0, 0.1) is 71.0 Å². The second-order valence-electron chi connectivity index (χ2n) is 23.5. The minimum absolute atomic E-state index is 0.0686. The molecule has 344 valence electrons. The summed E-state index contributed by atoms with van der Waals surface area (Å²) in [6.07, 6.45) is 8.70. The van der Waals surface area contributed by atoms with Gasteiger partial charge in [-0.3, -0.25) is 9.59 Å². The molecule has 4 saturated carbocycles. The Morgan fingerprint density at radius 1 is 0.952 bits per heavy atom. The zero-order valence-corrected chi connectivity index (χ0v) is 39.8. The van der Waals surface area contributed by atoms with Gasteiger partial charge in [0, 0.05) is 54.9 Å². The maximum absolute atomic E-state index is 14.9. The molecule has 1 aromatic carbocycles. The first kappa shape index (κ1) is 45.1. The van der Waals surface area contributed by atoms with Crippen molar-refractivity contribution < 1.29 is 34.8 Å². The fourth-order valence-corrected chi connectivity index (χ4v) is 16.0. The Morgan fingerprint density at radius 2 is 1.65 bits per heavy atom. The number of aromatic nitrogens is 2. The van der Waals surface area contributed by atoms with E-state index in [-0.39, 0.29) is 58.4 Å². The van der Waals surface area contributed by atoms with Crippen molar-refractivity contribution in [2.45, 2.75) is 183 Å². The molecule has 3 aromatic rings. The molecule has 5 N–H and O–H groups in total. The molecule has 5 fully saturated rings. The van der Waals surface area contributed by atoms with Crippen LogP contribution in [0.1, 0.15) is 142 Å². The summed E-state index contributed by atoms with van der Waals surface area (Å²) in [4.78, 5) is 33.1. The number of aliphatic hydroxyl groups excluding tert-OH is 4. The Labute approximate surface area is 375 Å². The molecular weight excluding hydrogens is 789 g/mol. The number of carbonyl (C=O) groups is 2. The number of hydrogen-bond donors (Lipinski definition) is 5. The van der Waals surface area contributed by atoms with Crippen molar-refractivity contribution in [3.8, 4) is 0 Å². The van der Waals surface area contributed by atoms with E-state index in [0.29, 0.717) is 44.4 Å². The van der Waals surface area contributed by atoms with E-state index in [4.69, 9.17) is 4.74 Å². The number of aryl methyl sites for hydroxylation is 2. The normalized spacial score (nSPS) is 39.2. The SMILES string of the molecule is Cc1cc(C)cc(Cc2cn(CC3C4=C(C(C)CC(O)C5OC5(C)C)C(=O)CC4(C)C4(C)CCC5C(C)(CCC(=O)C5(C)C5CCC(CC(O)C(C)O)C5)C4C3O)c3cc[nH]c23)c1. The quantitative estimate of drug-likeness (QED) is 0.114. The lowest BCUT2D eigenvalue weighted by molar-refractivity contribution is -0.227. The molecule has 0 bridgehead atoms. The first-order valence-corrected chi connectivity index (χ1v) is 24.5. The smallest absolute Gasteiger partial charge is 0.160 e. The van der Waals surface area contributed by atoms with E-state index in [9.17, 15) is 30.0 Å². The van der Waals surface area contributed by atoms with Gasteiger partial charge in [0.05, 0.1) is 41.1 Å². The van der Waals surface area contributed by atoms with Crippen LogP contribution in [0.4, 0.5) is 0 Å². The van der Waals surface area contributed by atoms with Crippen molar-refractivity contribution in [2.24, 2.45) is 57.2 Å². The predicted molar refractivity (Wildman–Crippen MR) is 246 cm³/mol. The Kier molecular flexibility index (Phi) is 11.1. The van der Waals surface area contributed by atoms with E-state index in [1.54, 1.807) is 6.92 Å². The molecular formula is C54H76N2O7. The van der Waals surface area contributed by atoms with Gasteiger partial charge in [0.2, 0.25) is 0 Å². The fraction of sp³-hybridized carbons (Fsp3) is 0.704.